The summed E-state index contributed by atoms with van der Waals surface area (Å²) >= 11 is 5.94. The average molecular weight is 372 g/mol. The molecule has 0 bridgehead atoms. The topological polar surface area (TPSA) is 78.1 Å². The van der Waals surface area contributed by atoms with Gasteiger partial charge in [-0.25, -0.2) is 4.98 Å². The Bertz CT molecular complexity index is 968. The summed E-state index contributed by atoms with van der Waals surface area (Å²) in [5.41, 5.74) is 3.26. The van der Waals surface area contributed by atoms with Gasteiger partial charge < -0.3 is 19.5 Å². The van der Waals surface area contributed by atoms with Crippen LogP contribution in [-0.2, 0) is 6.61 Å². The van der Waals surface area contributed by atoms with Crippen molar-refractivity contribution < 1.29 is 15.0 Å². The highest BCUT2D eigenvalue weighted by Crippen LogP contribution is 2.26. The molecular formula is C19H18ClN3O3. The zero-order valence-electron chi connectivity index (χ0n) is 14.0. The van der Waals surface area contributed by atoms with Crippen molar-refractivity contribution >= 4 is 23.2 Å². The second-order valence-corrected chi connectivity index (χ2v) is 6.85. The summed E-state index contributed by atoms with van der Waals surface area (Å²) in [7, 11) is 0. The minimum absolute atomic E-state index is 0.130. The number of benzene rings is 1. The van der Waals surface area contributed by atoms with Crippen LogP contribution in [-0.4, -0.2) is 49.6 Å². The normalized spacial score (nSPS) is 17.2. The van der Waals surface area contributed by atoms with Gasteiger partial charge in [-0.05, 0) is 30.7 Å². The van der Waals surface area contributed by atoms with Crippen LogP contribution in [0.3, 0.4) is 0 Å². The molecule has 1 amide bonds. The highest BCUT2D eigenvalue weighted by molar-refractivity contribution is 6.30. The summed E-state index contributed by atoms with van der Waals surface area (Å²) in [5, 5.41) is 20.2. The van der Waals surface area contributed by atoms with Crippen LogP contribution in [0.25, 0.3) is 16.9 Å². The minimum Gasteiger partial charge on any atom is -0.391 e. The minimum atomic E-state index is -0.458. The Labute approximate surface area is 155 Å². The van der Waals surface area contributed by atoms with Gasteiger partial charge >= 0.3 is 0 Å². The maximum atomic E-state index is 12.7. The Morgan fingerprint density at radius 3 is 2.65 bits per heavy atom. The monoisotopic (exact) mass is 371 g/mol. The Balaban J connectivity index is 1.76. The molecule has 0 unspecified atom stereocenters. The number of β-amino-alcohol motifs (C(OH)–C–C–N with tert-alkyl or cyclic N) is 1. The van der Waals surface area contributed by atoms with Crippen LogP contribution in [0.1, 0.15) is 22.5 Å². The third-order valence-electron chi connectivity index (χ3n) is 4.68. The first-order chi connectivity index (χ1) is 12.6. The van der Waals surface area contributed by atoms with Crippen LogP contribution in [0, 0.1) is 0 Å². The number of nitrogens with zero attached hydrogens (tertiary/aromatic N) is 3. The van der Waals surface area contributed by atoms with Crippen molar-refractivity contribution in [2.45, 2.75) is 19.1 Å². The van der Waals surface area contributed by atoms with Gasteiger partial charge in [0.25, 0.3) is 5.91 Å². The van der Waals surface area contributed by atoms with Crippen molar-refractivity contribution in [2.75, 3.05) is 13.1 Å². The number of imidazole rings is 1. The first-order valence-corrected chi connectivity index (χ1v) is 8.79. The number of halogens is 1. The smallest absolute Gasteiger partial charge is 0.255 e. The maximum Gasteiger partial charge on any atom is 0.255 e. The van der Waals surface area contributed by atoms with Crippen LogP contribution < -0.4 is 0 Å². The zero-order chi connectivity index (χ0) is 18.3. The highest BCUT2D eigenvalue weighted by atomic mass is 35.5. The lowest BCUT2D eigenvalue weighted by molar-refractivity contribution is 0.0764. The second-order valence-electron chi connectivity index (χ2n) is 6.41. The fourth-order valence-electron chi connectivity index (χ4n) is 3.32. The number of pyridine rings is 1. The molecule has 1 aliphatic rings. The van der Waals surface area contributed by atoms with E-state index in [2.05, 4.69) is 4.98 Å². The largest absolute Gasteiger partial charge is 0.391 e. The third-order valence-corrected chi connectivity index (χ3v) is 4.93. The average Bonchev–Trinajstić information content (AvgIpc) is 3.24. The van der Waals surface area contributed by atoms with E-state index in [1.807, 2.05) is 12.1 Å². The number of aliphatic hydroxyl groups excluding tert-OH is 2. The van der Waals surface area contributed by atoms with E-state index in [0.717, 1.165) is 5.56 Å². The van der Waals surface area contributed by atoms with E-state index in [4.69, 9.17) is 11.6 Å². The predicted molar refractivity (Wildman–Crippen MR) is 98.1 cm³/mol. The molecule has 0 radical (unpaired) electrons. The molecule has 1 aliphatic heterocycles. The maximum absolute atomic E-state index is 12.7. The van der Waals surface area contributed by atoms with Crippen molar-refractivity contribution in [1.82, 2.24) is 14.3 Å². The molecule has 3 heterocycles. The summed E-state index contributed by atoms with van der Waals surface area (Å²) in [4.78, 5) is 18.9. The number of likely N-dealkylation sites (tertiary alicyclic amines) is 1. The van der Waals surface area contributed by atoms with E-state index in [0.29, 0.717) is 47.1 Å². The number of aromatic nitrogens is 2. The summed E-state index contributed by atoms with van der Waals surface area (Å²) < 4.78 is 1.74. The molecule has 3 aromatic rings. The SMILES string of the molecule is O=C(c1ccc2nc(-c3ccc(Cl)cc3)c(CO)n2c1)N1CC[C@@H](O)C1. The van der Waals surface area contributed by atoms with Crippen LogP contribution in [0.5, 0.6) is 0 Å². The molecule has 26 heavy (non-hydrogen) atoms. The fourth-order valence-corrected chi connectivity index (χ4v) is 3.44. The van der Waals surface area contributed by atoms with E-state index < -0.39 is 6.10 Å². The van der Waals surface area contributed by atoms with E-state index in [9.17, 15) is 15.0 Å². The lowest BCUT2D eigenvalue weighted by Gasteiger charge is -2.15. The fraction of sp³-hybridized carbons (Fsp3) is 0.263. The van der Waals surface area contributed by atoms with Crippen molar-refractivity contribution in [3.05, 3.63) is 58.9 Å². The van der Waals surface area contributed by atoms with Crippen molar-refractivity contribution in [1.29, 1.82) is 0 Å². The van der Waals surface area contributed by atoms with E-state index in [1.54, 1.807) is 39.8 Å². The molecule has 0 spiro atoms. The first kappa shape index (κ1) is 17.0. The quantitative estimate of drug-likeness (QED) is 0.740. The van der Waals surface area contributed by atoms with Crippen LogP contribution in [0.4, 0.5) is 0 Å². The molecule has 7 heteroatoms. The molecule has 134 valence electrons. The standard InChI is InChI=1S/C19H18ClN3O3/c20-14-4-1-12(2-5-14)18-16(11-24)23-9-13(3-6-17(23)21-18)19(26)22-8-7-15(25)10-22/h1-6,9,15,24-25H,7-8,10-11H2/t15-/m1/s1. The summed E-state index contributed by atoms with van der Waals surface area (Å²) in [5.74, 6) is -0.130. The third kappa shape index (κ3) is 2.96. The van der Waals surface area contributed by atoms with Crippen LogP contribution >= 0.6 is 11.6 Å². The Morgan fingerprint density at radius 2 is 2.00 bits per heavy atom. The number of carbonyl (C=O) groups is 1. The van der Waals surface area contributed by atoms with Crippen molar-refractivity contribution in [3.63, 3.8) is 0 Å². The predicted octanol–water partition coefficient (Wildman–Crippen LogP) is 2.35. The lowest BCUT2D eigenvalue weighted by atomic mass is 10.1. The molecular weight excluding hydrogens is 354 g/mol. The molecule has 4 rings (SSSR count). The van der Waals surface area contributed by atoms with Crippen molar-refractivity contribution in [3.8, 4) is 11.3 Å². The molecule has 1 aromatic carbocycles. The molecule has 0 aliphatic carbocycles. The van der Waals surface area contributed by atoms with E-state index in [1.165, 1.54) is 0 Å². The van der Waals surface area contributed by atoms with E-state index in [-0.39, 0.29) is 12.5 Å². The van der Waals surface area contributed by atoms with Gasteiger partial charge in [-0.2, -0.15) is 0 Å². The lowest BCUT2D eigenvalue weighted by Crippen LogP contribution is -2.29. The number of hydrogen-bond acceptors (Lipinski definition) is 4. The molecule has 2 aromatic heterocycles. The molecule has 2 N–H and O–H groups in total. The van der Waals surface area contributed by atoms with Crippen LogP contribution in [0.15, 0.2) is 42.6 Å². The molecule has 6 nitrogen and oxygen atoms in total. The number of amides is 1. The molecule has 1 saturated heterocycles. The van der Waals surface area contributed by atoms with Gasteiger partial charge in [0, 0.05) is 29.9 Å². The second kappa shape index (κ2) is 6.72. The number of hydrogen-bond donors (Lipinski definition) is 2. The van der Waals surface area contributed by atoms with Gasteiger partial charge in [0.1, 0.15) is 5.65 Å². The summed E-state index contributed by atoms with van der Waals surface area (Å²) in [6.45, 7) is 0.688. The van der Waals surface area contributed by atoms with Gasteiger partial charge in [0.15, 0.2) is 0 Å². The van der Waals surface area contributed by atoms with Gasteiger partial charge in [0.05, 0.1) is 29.7 Å². The number of carbonyl (C=O) groups excluding carboxylic acids is 1. The highest BCUT2D eigenvalue weighted by Gasteiger charge is 2.26. The number of rotatable bonds is 3. The van der Waals surface area contributed by atoms with Gasteiger partial charge in [-0.3, -0.25) is 4.79 Å². The number of aliphatic hydroxyl groups is 2. The molecule has 1 fully saturated rings. The van der Waals surface area contributed by atoms with Gasteiger partial charge in [-0.1, -0.05) is 23.7 Å². The summed E-state index contributed by atoms with van der Waals surface area (Å²) in [6.07, 6.45) is 1.84. The molecule has 0 saturated carbocycles. The Morgan fingerprint density at radius 1 is 1.23 bits per heavy atom. The van der Waals surface area contributed by atoms with Crippen molar-refractivity contribution in [2.24, 2.45) is 0 Å². The van der Waals surface area contributed by atoms with Gasteiger partial charge in [0.2, 0.25) is 0 Å². The van der Waals surface area contributed by atoms with Crippen LogP contribution in [0.2, 0.25) is 5.02 Å². The Kier molecular flexibility index (Phi) is 4.40. The molecule has 1 atom stereocenters. The van der Waals surface area contributed by atoms with Gasteiger partial charge in [-0.15, -0.1) is 0 Å². The Hall–Kier alpha value is -2.41. The first-order valence-electron chi connectivity index (χ1n) is 8.42. The van der Waals surface area contributed by atoms with E-state index >= 15 is 0 Å². The summed E-state index contributed by atoms with van der Waals surface area (Å²) in [6, 6.07) is 10.7. The number of fused-ring (bicyclic) bond motifs is 1. The zero-order valence-corrected chi connectivity index (χ0v) is 14.7.